The van der Waals surface area contributed by atoms with Crippen molar-refractivity contribution in [3.63, 3.8) is 0 Å². The molecule has 3 N–H and O–H groups in total. The molecule has 0 spiro atoms. The van der Waals surface area contributed by atoms with Crippen LogP contribution in [0.5, 0.6) is 0 Å². The summed E-state index contributed by atoms with van der Waals surface area (Å²) in [5, 5.41) is 13.0. The minimum Gasteiger partial charge on any atom is -0.476 e. The van der Waals surface area contributed by atoms with Crippen LogP contribution in [0.4, 0.5) is 5.82 Å². The Morgan fingerprint density at radius 2 is 2.18 bits per heavy atom. The molecule has 0 aliphatic carbocycles. The first-order valence-electron chi connectivity index (χ1n) is 5.13. The predicted octanol–water partition coefficient (Wildman–Crippen LogP) is 1.68. The predicted molar refractivity (Wildman–Crippen MR) is 64.8 cm³/mol. The lowest BCUT2D eigenvalue weighted by Crippen LogP contribution is -2.00. The zero-order valence-electron chi connectivity index (χ0n) is 9.64. The van der Waals surface area contributed by atoms with E-state index in [2.05, 4.69) is 5.10 Å². The molecule has 0 saturated heterocycles. The number of carboxylic acids is 1. The van der Waals surface area contributed by atoms with Gasteiger partial charge in [-0.1, -0.05) is 29.8 Å². The SMILES string of the molecule is Cc1cccc(-c2c(C(=O)O)nn(C)c2N)c1. The van der Waals surface area contributed by atoms with Gasteiger partial charge in [-0.25, -0.2) is 4.79 Å². The fourth-order valence-corrected chi connectivity index (χ4v) is 1.77. The highest BCUT2D eigenvalue weighted by atomic mass is 16.4. The lowest BCUT2D eigenvalue weighted by atomic mass is 10.0. The summed E-state index contributed by atoms with van der Waals surface area (Å²) < 4.78 is 1.38. The van der Waals surface area contributed by atoms with Crippen LogP contribution in [0.1, 0.15) is 16.1 Å². The maximum absolute atomic E-state index is 11.1. The zero-order chi connectivity index (χ0) is 12.6. The molecule has 88 valence electrons. The number of benzene rings is 1. The molecule has 1 heterocycles. The van der Waals surface area contributed by atoms with Crippen LogP contribution in [0.2, 0.25) is 0 Å². The molecule has 0 radical (unpaired) electrons. The molecule has 1 aromatic heterocycles. The zero-order valence-corrected chi connectivity index (χ0v) is 9.64. The summed E-state index contributed by atoms with van der Waals surface area (Å²) in [6.07, 6.45) is 0. The van der Waals surface area contributed by atoms with Gasteiger partial charge < -0.3 is 10.8 Å². The minimum atomic E-state index is -1.08. The van der Waals surface area contributed by atoms with Crippen LogP contribution in [-0.4, -0.2) is 20.9 Å². The van der Waals surface area contributed by atoms with Gasteiger partial charge in [-0.05, 0) is 12.5 Å². The molecule has 0 aliphatic rings. The smallest absolute Gasteiger partial charge is 0.357 e. The van der Waals surface area contributed by atoms with E-state index in [0.29, 0.717) is 11.4 Å². The van der Waals surface area contributed by atoms with E-state index in [1.54, 1.807) is 7.05 Å². The van der Waals surface area contributed by atoms with Crippen LogP contribution in [0.25, 0.3) is 11.1 Å². The van der Waals surface area contributed by atoms with E-state index < -0.39 is 5.97 Å². The number of aromatic carboxylic acids is 1. The lowest BCUT2D eigenvalue weighted by molar-refractivity contribution is 0.0690. The van der Waals surface area contributed by atoms with Gasteiger partial charge in [0.15, 0.2) is 5.69 Å². The van der Waals surface area contributed by atoms with Crippen molar-refractivity contribution in [2.75, 3.05) is 5.73 Å². The van der Waals surface area contributed by atoms with Crippen molar-refractivity contribution in [2.24, 2.45) is 7.05 Å². The molecule has 2 rings (SSSR count). The van der Waals surface area contributed by atoms with Crippen molar-refractivity contribution < 1.29 is 9.90 Å². The highest BCUT2D eigenvalue weighted by molar-refractivity contribution is 5.97. The number of nitrogens with zero attached hydrogens (tertiary/aromatic N) is 2. The molecule has 1 aromatic carbocycles. The Labute approximate surface area is 98.5 Å². The maximum Gasteiger partial charge on any atom is 0.357 e. The standard InChI is InChI=1S/C12H13N3O2/c1-7-4-3-5-8(6-7)9-10(12(16)17)14-15(2)11(9)13/h3-6H,13H2,1-2H3,(H,16,17). The Bertz CT molecular complexity index is 587. The van der Waals surface area contributed by atoms with Crippen LogP contribution in [-0.2, 0) is 7.05 Å². The number of anilines is 1. The van der Waals surface area contributed by atoms with Crippen LogP contribution in [0, 0.1) is 6.92 Å². The van der Waals surface area contributed by atoms with Crippen molar-refractivity contribution >= 4 is 11.8 Å². The molecule has 0 amide bonds. The van der Waals surface area contributed by atoms with Gasteiger partial charge in [0.05, 0.1) is 5.56 Å². The highest BCUT2D eigenvalue weighted by Crippen LogP contribution is 2.29. The fraction of sp³-hybridized carbons (Fsp3) is 0.167. The topological polar surface area (TPSA) is 81.1 Å². The molecule has 5 nitrogen and oxygen atoms in total. The molecule has 0 fully saturated rings. The summed E-state index contributed by atoms with van der Waals surface area (Å²) in [5.41, 5.74) is 8.13. The van der Waals surface area contributed by atoms with E-state index >= 15 is 0 Å². The van der Waals surface area contributed by atoms with Gasteiger partial charge in [0, 0.05) is 7.05 Å². The van der Waals surface area contributed by atoms with E-state index in [1.807, 2.05) is 31.2 Å². The Morgan fingerprint density at radius 1 is 1.47 bits per heavy atom. The van der Waals surface area contributed by atoms with Crippen molar-refractivity contribution in [1.82, 2.24) is 9.78 Å². The largest absolute Gasteiger partial charge is 0.476 e. The van der Waals surface area contributed by atoms with E-state index in [4.69, 9.17) is 10.8 Å². The Balaban J connectivity index is 2.70. The third-order valence-electron chi connectivity index (χ3n) is 2.60. The molecule has 0 bridgehead atoms. The summed E-state index contributed by atoms with van der Waals surface area (Å²) in [6, 6.07) is 7.52. The van der Waals surface area contributed by atoms with Crippen LogP contribution in [0.3, 0.4) is 0 Å². The van der Waals surface area contributed by atoms with Crippen LogP contribution < -0.4 is 5.73 Å². The van der Waals surface area contributed by atoms with E-state index in [0.717, 1.165) is 11.1 Å². The average Bonchev–Trinajstić information content (AvgIpc) is 2.56. The second-order valence-corrected chi connectivity index (χ2v) is 3.91. The summed E-state index contributed by atoms with van der Waals surface area (Å²) in [4.78, 5) is 11.1. The molecule has 0 aliphatic heterocycles. The monoisotopic (exact) mass is 231 g/mol. The number of rotatable bonds is 2. The first-order chi connectivity index (χ1) is 8.00. The number of aromatic nitrogens is 2. The number of hydrogen-bond donors (Lipinski definition) is 2. The van der Waals surface area contributed by atoms with E-state index in [9.17, 15) is 4.79 Å². The van der Waals surface area contributed by atoms with Gasteiger partial charge in [0.2, 0.25) is 0 Å². The van der Waals surface area contributed by atoms with Crippen molar-refractivity contribution in [3.8, 4) is 11.1 Å². The van der Waals surface area contributed by atoms with Gasteiger partial charge in [0.25, 0.3) is 0 Å². The van der Waals surface area contributed by atoms with Crippen LogP contribution in [0.15, 0.2) is 24.3 Å². The molecule has 2 aromatic rings. The number of carboxylic acid groups (broad SMARTS) is 1. The minimum absolute atomic E-state index is 0.0180. The lowest BCUT2D eigenvalue weighted by Gasteiger charge is -2.03. The van der Waals surface area contributed by atoms with Crippen LogP contribution >= 0.6 is 0 Å². The van der Waals surface area contributed by atoms with Gasteiger partial charge in [-0.3, -0.25) is 4.68 Å². The van der Waals surface area contributed by atoms with Crippen molar-refractivity contribution in [2.45, 2.75) is 6.92 Å². The van der Waals surface area contributed by atoms with Gasteiger partial charge in [0.1, 0.15) is 5.82 Å². The number of aryl methyl sites for hydroxylation is 2. The fourth-order valence-electron chi connectivity index (χ4n) is 1.77. The molecule has 0 unspecified atom stereocenters. The molecular weight excluding hydrogens is 218 g/mol. The molecule has 5 heteroatoms. The van der Waals surface area contributed by atoms with E-state index in [1.165, 1.54) is 4.68 Å². The number of nitrogens with two attached hydrogens (primary N) is 1. The average molecular weight is 231 g/mol. The summed E-state index contributed by atoms with van der Waals surface area (Å²) >= 11 is 0. The Kier molecular flexibility index (Phi) is 2.59. The Morgan fingerprint density at radius 3 is 2.76 bits per heavy atom. The summed E-state index contributed by atoms with van der Waals surface area (Å²) in [7, 11) is 1.63. The summed E-state index contributed by atoms with van der Waals surface area (Å²) in [6.45, 7) is 1.94. The molecule has 17 heavy (non-hydrogen) atoms. The highest BCUT2D eigenvalue weighted by Gasteiger charge is 2.20. The molecule has 0 atom stereocenters. The van der Waals surface area contributed by atoms with Crippen molar-refractivity contribution in [1.29, 1.82) is 0 Å². The number of hydrogen-bond acceptors (Lipinski definition) is 3. The first kappa shape index (κ1) is 11.2. The second-order valence-electron chi connectivity index (χ2n) is 3.91. The van der Waals surface area contributed by atoms with Gasteiger partial charge in [-0.15, -0.1) is 0 Å². The number of carbonyl (C=O) groups is 1. The maximum atomic E-state index is 11.1. The second kappa shape index (κ2) is 3.93. The van der Waals surface area contributed by atoms with Gasteiger partial charge >= 0.3 is 5.97 Å². The summed E-state index contributed by atoms with van der Waals surface area (Å²) in [5.74, 6) is -0.721. The Hall–Kier alpha value is -2.30. The number of nitrogen functional groups attached to an aromatic ring is 1. The first-order valence-corrected chi connectivity index (χ1v) is 5.13. The third kappa shape index (κ3) is 1.87. The quantitative estimate of drug-likeness (QED) is 0.823. The molecule has 0 saturated carbocycles. The normalized spacial score (nSPS) is 10.5. The molecular formula is C12H13N3O2. The van der Waals surface area contributed by atoms with Crippen molar-refractivity contribution in [3.05, 3.63) is 35.5 Å². The van der Waals surface area contributed by atoms with E-state index in [-0.39, 0.29) is 5.69 Å². The third-order valence-corrected chi connectivity index (χ3v) is 2.60. The van der Waals surface area contributed by atoms with Gasteiger partial charge in [-0.2, -0.15) is 5.10 Å².